The van der Waals surface area contributed by atoms with Crippen LogP contribution in [0.25, 0.3) is 10.3 Å². The van der Waals surface area contributed by atoms with E-state index in [1.807, 2.05) is 0 Å². The summed E-state index contributed by atoms with van der Waals surface area (Å²) in [6, 6.07) is 3.91. The van der Waals surface area contributed by atoms with Crippen molar-refractivity contribution in [2.75, 3.05) is 24.1 Å². The van der Waals surface area contributed by atoms with E-state index >= 15 is 0 Å². The number of carboxylic acid groups (broad SMARTS) is 1. The highest BCUT2D eigenvalue weighted by Crippen LogP contribution is 2.32. The van der Waals surface area contributed by atoms with E-state index in [0.717, 1.165) is 17.8 Å². The number of likely N-dealkylation sites (tertiary alicyclic amines) is 1. The average Bonchev–Trinajstić information content (AvgIpc) is 3.29. The molecule has 12 heteroatoms. The number of thioether (sulfide) groups is 1. The van der Waals surface area contributed by atoms with Crippen molar-refractivity contribution < 1.29 is 18.7 Å². The highest BCUT2D eigenvalue weighted by atomic mass is 32.2. The van der Waals surface area contributed by atoms with Gasteiger partial charge in [0.15, 0.2) is 33.4 Å². The second-order valence-electron chi connectivity index (χ2n) is 6.42. The third-order valence-electron chi connectivity index (χ3n) is 4.44. The minimum Gasteiger partial charge on any atom is -0.465 e. The third-order valence-corrected chi connectivity index (χ3v) is 6.21. The number of carbonyl (C=O) groups is 1. The van der Waals surface area contributed by atoms with Crippen LogP contribution in [0.4, 0.5) is 24.5 Å². The van der Waals surface area contributed by atoms with Gasteiger partial charge in [-0.15, -0.1) is 0 Å². The molecule has 152 valence electrons. The van der Waals surface area contributed by atoms with Gasteiger partial charge in [-0.2, -0.15) is 0 Å². The summed E-state index contributed by atoms with van der Waals surface area (Å²) >= 11 is 2.38. The summed E-state index contributed by atoms with van der Waals surface area (Å²) in [6.45, 7) is 0.776. The molecule has 1 aliphatic heterocycles. The molecule has 1 aromatic carbocycles. The van der Waals surface area contributed by atoms with Crippen molar-refractivity contribution in [3.8, 4) is 0 Å². The Morgan fingerprint density at radius 1 is 1.38 bits per heavy atom. The number of halogens is 2. The number of benzene rings is 1. The number of aromatic nitrogens is 3. The van der Waals surface area contributed by atoms with Crippen molar-refractivity contribution in [1.82, 2.24) is 19.9 Å². The van der Waals surface area contributed by atoms with E-state index in [1.165, 1.54) is 28.4 Å². The maximum atomic E-state index is 13.9. The van der Waals surface area contributed by atoms with E-state index in [1.54, 1.807) is 0 Å². The molecule has 4 rings (SSSR count). The number of amides is 1. The molecule has 1 amide bonds. The molecule has 3 aromatic rings. The molecule has 3 heterocycles. The van der Waals surface area contributed by atoms with Crippen LogP contribution in [0.3, 0.4) is 0 Å². The monoisotopic (exact) mass is 438 g/mol. The lowest BCUT2D eigenvalue weighted by atomic mass is 10.2. The standard InChI is InChI=1S/C17H16F2N6O2S2/c18-10-3-1-2-8(11(10)19)7-28-16-23-13(12-14(24-16)22-15(20)29-12)21-9-4-5-25(6-9)17(26)27/h1-3,9H,4-7H2,(H,26,27)(H3,20,21,22,23,24)/t9-/m1/s1. The van der Waals surface area contributed by atoms with E-state index in [4.69, 9.17) is 10.8 Å². The number of hydrogen-bond acceptors (Lipinski definition) is 8. The van der Waals surface area contributed by atoms with E-state index in [-0.39, 0.29) is 17.4 Å². The molecule has 1 saturated heterocycles. The zero-order chi connectivity index (χ0) is 20.5. The molecule has 8 nitrogen and oxygen atoms in total. The maximum Gasteiger partial charge on any atom is 0.407 e. The van der Waals surface area contributed by atoms with Gasteiger partial charge in [0.05, 0.1) is 0 Å². The number of fused-ring (bicyclic) bond motifs is 1. The Kier molecular flexibility index (Phi) is 5.37. The minimum absolute atomic E-state index is 0.106. The smallest absolute Gasteiger partial charge is 0.407 e. The molecule has 2 aromatic heterocycles. The molecule has 0 aliphatic carbocycles. The number of hydrogen-bond donors (Lipinski definition) is 3. The molecule has 1 aliphatic rings. The molecule has 29 heavy (non-hydrogen) atoms. The van der Waals surface area contributed by atoms with Crippen molar-refractivity contribution in [2.45, 2.75) is 23.4 Å². The first-order valence-corrected chi connectivity index (χ1v) is 10.4. The lowest BCUT2D eigenvalue weighted by molar-refractivity contribution is 0.155. The van der Waals surface area contributed by atoms with Crippen molar-refractivity contribution in [3.63, 3.8) is 0 Å². The Bertz CT molecular complexity index is 1080. The zero-order valence-corrected chi connectivity index (χ0v) is 16.6. The van der Waals surface area contributed by atoms with Crippen molar-refractivity contribution >= 4 is 50.5 Å². The average molecular weight is 438 g/mol. The number of nitrogens with one attached hydrogen (secondary N) is 1. The Morgan fingerprint density at radius 3 is 2.97 bits per heavy atom. The summed E-state index contributed by atoms with van der Waals surface area (Å²) < 4.78 is 28.0. The maximum absolute atomic E-state index is 13.9. The van der Waals surface area contributed by atoms with Crippen LogP contribution in [0.2, 0.25) is 0 Å². The van der Waals surface area contributed by atoms with Gasteiger partial charge in [-0.1, -0.05) is 35.2 Å². The van der Waals surface area contributed by atoms with Gasteiger partial charge in [-0.05, 0) is 12.5 Å². The zero-order valence-electron chi connectivity index (χ0n) is 14.9. The SMILES string of the molecule is Nc1nc2nc(SCc3cccc(F)c3F)nc(N[C@@H]3CCN(C(=O)O)C3)c2s1. The number of thiazole rings is 1. The summed E-state index contributed by atoms with van der Waals surface area (Å²) in [7, 11) is 0. The van der Waals surface area contributed by atoms with Crippen LogP contribution in [-0.2, 0) is 5.75 Å². The number of rotatable bonds is 5. The summed E-state index contributed by atoms with van der Waals surface area (Å²) in [5, 5.41) is 13.0. The second kappa shape index (κ2) is 7.95. The van der Waals surface area contributed by atoms with Crippen LogP contribution in [0.1, 0.15) is 12.0 Å². The van der Waals surface area contributed by atoms with Gasteiger partial charge in [0.25, 0.3) is 0 Å². The van der Waals surface area contributed by atoms with Gasteiger partial charge < -0.3 is 21.1 Å². The van der Waals surface area contributed by atoms with Gasteiger partial charge in [0.1, 0.15) is 4.70 Å². The topological polar surface area (TPSA) is 117 Å². The minimum atomic E-state index is -0.961. The van der Waals surface area contributed by atoms with Gasteiger partial charge in [-0.25, -0.2) is 28.5 Å². The normalized spacial score (nSPS) is 16.5. The Balaban J connectivity index is 1.57. The first kappa shape index (κ1) is 19.6. The van der Waals surface area contributed by atoms with E-state index in [0.29, 0.717) is 46.0 Å². The molecule has 4 N–H and O–H groups in total. The van der Waals surface area contributed by atoms with Crippen LogP contribution in [0.5, 0.6) is 0 Å². The first-order chi connectivity index (χ1) is 13.9. The predicted octanol–water partition coefficient (Wildman–Crippen LogP) is 3.40. The largest absolute Gasteiger partial charge is 0.465 e. The summed E-state index contributed by atoms with van der Waals surface area (Å²) in [6.07, 6.45) is -0.319. The highest BCUT2D eigenvalue weighted by Gasteiger charge is 2.27. The molecule has 0 spiro atoms. The van der Waals surface area contributed by atoms with E-state index < -0.39 is 17.7 Å². The van der Waals surface area contributed by atoms with Crippen LogP contribution in [0, 0.1) is 11.6 Å². The molecule has 0 radical (unpaired) electrons. The van der Waals surface area contributed by atoms with Gasteiger partial charge in [-0.3, -0.25) is 0 Å². The van der Waals surface area contributed by atoms with Crippen molar-refractivity contribution in [2.24, 2.45) is 0 Å². The van der Waals surface area contributed by atoms with Gasteiger partial charge in [0.2, 0.25) is 0 Å². The van der Waals surface area contributed by atoms with Crippen LogP contribution < -0.4 is 11.1 Å². The number of nitrogens with zero attached hydrogens (tertiary/aromatic N) is 4. The predicted molar refractivity (Wildman–Crippen MR) is 107 cm³/mol. The van der Waals surface area contributed by atoms with Gasteiger partial charge >= 0.3 is 6.09 Å². The highest BCUT2D eigenvalue weighted by molar-refractivity contribution is 7.98. The van der Waals surface area contributed by atoms with Crippen LogP contribution in [0.15, 0.2) is 23.4 Å². The second-order valence-corrected chi connectivity index (χ2v) is 8.39. The number of nitrogen functional groups attached to an aromatic ring is 1. The molecule has 0 bridgehead atoms. The Morgan fingerprint density at radius 2 is 2.21 bits per heavy atom. The molecular weight excluding hydrogens is 422 g/mol. The Labute approximate surface area is 172 Å². The lowest BCUT2D eigenvalue weighted by Crippen LogP contribution is -2.30. The first-order valence-electron chi connectivity index (χ1n) is 8.65. The van der Waals surface area contributed by atoms with Crippen LogP contribution >= 0.6 is 23.1 Å². The molecule has 1 fully saturated rings. The van der Waals surface area contributed by atoms with Gasteiger partial charge in [0, 0.05) is 30.4 Å². The van der Waals surface area contributed by atoms with Crippen molar-refractivity contribution in [1.29, 1.82) is 0 Å². The lowest BCUT2D eigenvalue weighted by Gasteiger charge is -2.15. The Hall–Kier alpha value is -2.73. The quantitative estimate of drug-likeness (QED) is 0.410. The number of nitrogens with two attached hydrogens (primary N) is 1. The fraction of sp³-hybridized carbons (Fsp3) is 0.294. The van der Waals surface area contributed by atoms with E-state index in [2.05, 4.69) is 20.3 Å². The van der Waals surface area contributed by atoms with E-state index in [9.17, 15) is 13.6 Å². The molecule has 1 atom stereocenters. The summed E-state index contributed by atoms with van der Waals surface area (Å²) in [5.41, 5.74) is 6.42. The molecule has 0 saturated carbocycles. The third kappa shape index (κ3) is 4.17. The fourth-order valence-corrected chi connectivity index (χ4v) is 4.57. The summed E-state index contributed by atoms with van der Waals surface area (Å²) in [5.74, 6) is -1.15. The molecule has 0 unspecified atom stereocenters. The number of anilines is 2. The van der Waals surface area contributed by atoms with Crippen LogP contribution in [-0.4, -0.2) is 50.2 Å². The molecular formula is C17H16F2N6O2S2. The van der Waals surface area contributed by atoms with Crippen molar-refractivity contribution in [3.05, 3.63) is 35.4 Å². The fourth-order valence-electron chi connectivity index (χ4n) is 3.03. The summed E-state index contributed by atoms with van der Waals surface area (Å²) in [4.78, 5) is 25.5.